The van der Waals surface area contributed by atoms with E-state index < -0.39 is 0 Å². The van der Waals surface area contributed by atoms with Crippen molar-refractivity contribution in [3.8, 4) is 5.75 Å². The molecule has 92 valence electrons. The van der Waals surface area contributed by atoms with Crippen LogP contribution in [0.2, 0.25) is 0 Å². The summed E-state index contributed by atoms with van der Waals surface area (Å²) in [5.74, 6) is 1.28. The number of hydrogen-bond donors (Lipinski definition) is 0. The molecule has 0 heterocycles. The van der Waals surface area contributed by atoms with Gasteiger partial charge in [-0.3, -0.25) is 0 Å². The zero-order valence-corrected chi connectivity index (χ0v) is 10.8. The topological polar surface area (TPSA) is 9.23 Å². The monoisotopic (exact) mass is 238 g/mol. The first-order chi connectivity index (χ1) is 8.79. The second-order valence-electron chi connectivity index (χ2n) is 4.34. The molecule has 0 bridgehead atoms. The fraction of sp³-hybridized carbons (Fsp3) is 0.176. The number of allylic oxidation sites excluding steroid dienone is 1. The van der Waals surface area contributed by atoms with E-state index in [1.807, 2.05) is 18.2 Å². The first-order valence-corrected chi connectivity index (χ1v) is 6.17. The van der Waals surface area contributed by atoms with E-state index in [2.05, 4.69) is 55.5 Å². The molecule has 1 nitrogen and oxygen atoms in total. The van der Waals surface area contributed by atoms with Crippen LogP contribution in [0.1, 0.15) is 24.0 Å². The molecule has 1 heteroatoms. The third kappa shape index (κ3) is 3.24. The molecule has 2 rings (SSSR count). The Balaban J connectivity index is 2.11. The Kier molecular flexibility index (Phi) is 4.19. The molecule has 0 spiro atoms. The van der Waals surface area contributed by atoms with Crippen LogP contribution in [0.3, 0.4) is 0 Å². The molecule has 0 saturated heterocycles. The molecule has 0 radical (unpaired) electrons. The number of ether oxygens (including phenoxy) is 1. The van der Waals surface area contributed by atoms with Gasteiger partial charge in [-0.1, -0.05) is 61.5 Å². The van der Waals surface area contributed by atoms with Crippen LogP contribution < -0.4 is 4.74 Å². The molecule has 0 aromatic heterocycles. The van der Waals surface area contributed by atoms with Crippen molar-refractivity contribution in [2.24, 2.45) is 0 Å². The third-order valence-electron chi connectivity index (χ3n) is 3.00. The van der Waals surface area contributed by atoms with Crippen LogP contribution in [0.4, 0.5) is 0 Å². The summed E-state index contributed by atoms with van der Waals surface area (Å²) in [5, 5.41) is 0. The van der Waals surface area contributed by atoms with E-state index in [-0.39, 0.29) is 0 Å². The molecular weight excluding hydrogens is 220 g/mol. The molecular formula is C17H18O. The predicted molar refractivity (Wildman–Crippen MR) is 76.9 cm³/mol. The largest absolute Gasteiger partial charge is 0.497 e. The molecule has 0 aliphatic rings. The van der Waals surface area contributed by atoms with Crippen LogP contribution >= 0.6 is 0 Å². The summed E-state index contributed by atoms with van der Waals surface area (Å²) in [6.45, 7) is 2.19. The van der Waals surface area contributed by atoms with Gasteiger partial charge in [0.25, 0.3) is 0 Å². The quantitative estimate of drug-likeness (QED) is 0.761. The van der Waals surface area contributed by atoms with Crippen molar-refractivity contribution in [2.75, 3.05) is 7.11 Å². The van der Waals surface area contributed by atoms with Gasteiger partial charge in [-0.05, 0) is 29.2 Å². The summed E-state index contributed by atoms with van der Waals surface area (Å²) in [7, 11) is 1.70. The maximum Gasteiger partial charge on any atom is 0.119 e. The van der Waals surface area contributed by atoms with Crippen LogP contribution in [0.25, 0.3) is 6.08 Å². The summed E-state index contributed by atoms with van der Waals surface area (Å²) in [4.78, 5) is 0. The lowest BCUT2D eigenvalue weighted by molar-refractivity contribution is 0.414. The van der Waals surface area contributed by atoms with Crippen molar-refractivity contribution in [2.45, 2.75) is 12.8 Å². The molecule has 0 amide bonds. The zero-order chi connectivity index (χ0) is 12.8. The highest BCUT2D eigenvalue weighted by Gasteiger charge is 2.02. The summed E-state index contributed by atoms with van der Waals surface area (Å²) in [6.07, 6.45) is 4.37. The fourth-order valence-electron chi connectivity index (χ4n) is 1.86. The Labute approximate surface area is 109 Å². The van der Waals surface area contributed by atoms with Gasteiger partial charge in [0.15, 0.2) is 0 Å². The second kappa shape index (κ2) is 6.06. The van der Waals surface area contributed by atoms with Crippen LogP contribution in [0.15, 0.2) is 60.7 Å². The summed E-state index contributed by atoms with van der Waals surface area (Å²) in [5.41, 5.74) is 2.49. The maximum absolute atomic E-state index is 5.24. The van der Waals surface area contributed by atoms with E-state index in [9.17, 15) is 0 Å². The Morgan fingerprint density at radius 1 is 1.00 bits per heavy atom. The van der Waals surface area contributed by atoms with E-state index >= 15 is 0 Å². The van der Waals surface area contributed by atoms with E-state index in [0.29, 0.717) is 5.92 Å². The van der Waals surface area contributed by atoms with Gasteiger partial charge in [0, 0.05) is 0 Å². The van der Waals surface area contributed by atoms with Gasteiger partial charge in [-0.15, -0.1) is 0 Å². The highest BCUT2D eigenvalue weighted by Crippen LogP contribution is 2.22. The number of hydrogen-bond acceptors (Lipinski definition) is 1. The summed E-state index contributed by atoms with van der Waals surface area (Å²) >= 11 is 0. The lowest BCUT2D eigenvalue weighted by Crippen LogP contribution is -1.90. The standard InChI is InChI=1S/C17H18O/c1-14(11-12-15-7-4-3-5-8-15)16-9-6-10-17(13-16)18-2/h3-14H,1-2H3/b12-11+. The Bertz CT molecular complexity index is 514. The minimum Gasteiger partial charge on any atom is -0.497 e. The first kappa shape index (κ1) is 12.4. The van der Waals surface area contributed by atoms with Gasteiger partial charge < -0.3 is 4.74 Å². The molecule has 18 heavy (non-hydrogen) atoms. The van der Waals surface area contributed by atoms with Crippen LogP contribution in [-0.2, 0) is 0 Å². The Hall–Kier alpha value is -2.02. The molecule has 0 saturated carbocycles. The smallest absolute Gasteiger partial charge is 0.119 e. The molecule has 1 atom stereocenters. The number of methoxy groups -OCH3 is 1. The zero-order valence-electron chi connectivity index (χ0n) is 10.8. The van der Waals surface area contributed by atoms with Gasteiger partial charge in [0.05, 0.1) is 7.11 Å². The van der Waals surface area contributed by atoms with E-state index in [0.717, 1.165) is 5.75 Å². The third-order valence-corrected chi connectivity index (χ3v) is 3.00. The molecule has 1 unspecified atom stereocenters. The lowest BCUT2D eigenvalue weighted by Gasteiger charge is -2.08. The van der Waals surface area contributed by atoms with Crippen LogP contribution in [0.5, 0.6) is 5.75 Å². The molecule has 0 aliphatic carbocycles. The molecule has 0 N–H and O–H groups in total. The minimum absolute atomic E-state index is 0.375. The van der Waals surface area contributed by atoms with E-state index in [1.54, 1.807) is 7.11 Å². The van der Waals surface area contributed by atoms with Crippen molar-refractivity contribution in [3.05, 3.63) is 71.8 Å². The normalized spacial score (nSPS) is 12.6. The maximum atomic E-state index is 5.24. The van der Waals surface area contributed by atoms with Crippen molar-refractivity contribution in [3.63, 3.8) is 0 Å². The minimum atomic E-state index is 0.375. The predicted octanol–water partition coefficient (Wildman–Crippen LogP) is 4.51. The van der Waals surface area contributed by atoms with E-state index in [4.69, 9.17) is 4.74 Å². The summed E-state index contributed by atoms with van der Waals surface area (Å²) in [6, 6.07) is 18.6. The Morgan fingerprint density at radius 2 is 1.78 bits per heavy atom. The van der Waals surface area contributed by atoms with Crippen LogP contribution in [0, 0.1) is 0 Å². The SMILES string of the molecule is COc1cccc(C(C)/C=C/c2ccccc2)c1. The fourth-order valence-corrected chi connectivity index (χ4v) is 1.86. The van der Waals surface area contributed by atoms with Gasteiger partial charge in [0.1, 0.15) is 5.75 Å². The van der Waals surface area contributed by atoms with Crippen molar-refractivity contribution >= 4 is 6.08 Å². The van der Waals surface area contributed by atoms with Gasteiger partial charge in [-0.25, -0.2) is 0 Å². The number of rotatable bonds is 4. The molecule has 0 aliphatic heterocycles. The van der Waals surface area contributed by atoms with E-state index in [1.165, 1.54) is 11.1 Å². The molecule has 2 aromatic rings. The highest BCUT2D eigenvalue weighted by molar-refractivity contribution is 5.50. The van der Waals surface area contributed by atoms with Gasteiger partial charge in [-0.2, -0.15) is 0 Å². The average molecular weight is 238 g/mol. The van der Waals surface area contributed by atoms with Crippen molar-refractivity contribution < 1.29 is 4.74 Å². The first-order valence-electron chi connectivity index (χ1n) is 6.17. The van der Waals surface area contributed by atoms with Crippen molar-refractivity contribution in [1.29, 1.82) is 0 Å². The Morgan fingerprint density at radius 3 is 2.50 bits per heavy atom. The molecule has 2 aromatic carbocycles. The van der Waals surface area contributed by atoms with Crippen LogP contribution in [-0.4, -0.2) is 7.11 Å². The van der Waals surface area contributed by atoms with Gasteiger partial charge in [0.2, 0.25) is 0 Å². The average Bonchev–Trinajstić information content (AvgIpc) is 2.46. The lowest BCUT2D eigenvalue weighted by atomic mass is 9.99. The second-order valence-corrected chi connectivity index (χ2v) is 4.34. The van der Waals surface area contributed by atoms with Gasteiger partial charge >= 0.3 is 0 Å². The highest BCUT2D eigenvalue weighted by atomic mass is 16.5. The summed E-state index contributed by atoms with van der Waals surface area (Å²) < 4.78 is 5.24. The molecule has 0 fully saturated rings. The van der Waals surface area contributed by atoms with Crippen molar-refractivity contribution in [1.82, 2.24) is 0 Å². The number of benzene rings is 2.